The summed E-state index contributed by atoms with van der Waals surface area (Å²) in [4.78, 5) is 34.0. The minimum absolute atomic E-state index is 0.0312. The molecular formula is C19H18N4O4. The smallest absolute Gasteiger partial charge is 0.345 e. The molecule has 0 radical (unpaired) electrons. The van der Waals surface area contributed by atoms with Crippen LogP contribution < -0.4 is 16.0 Å². The van der Waals surface area contributed by atoms with Gasteiger partial charge >= 0.3 is 5.97 Å². The van der Waals surface area contributed by atoms with E-state index in [4.69, 9.17) is 15.2 Å². The zero-order valence-corrected chi connectivity index (χ0v) is 14.9. The summed E-state index contributed by atoms with van der Waals surface area (Å²) in [5.74, 6) is -0.394. The molecule has 1 saturated carbocycles. The zero-order valence-electron chi connectivity index (χ0n) is 14.9. The normalized spacial score (nSPS) is 13.6. The quantitative estimate of drug-likeness (QED) is 0.703. The number of pyridine rings is 3. The Bertz CT molecular complexity index is 1100. The Labute approximate surface area is 154 Å². The van der Waals surface area contributed by atoms with Crippen LogP contribution in [0.25, 0.3) is 16.7 Å². The van der Waals surface area contributed by atoms with Gasteiger partial charge in [-0.15, -0.1) is 0 Å². The number of methoxy groups -OCH3 is 1. The number of nitrogen functional groups attached to an aromatic ring is 1. The fourth-order valence-electron chi connectivity index (χ4n) is 2.82. The topological polar surface area (TPSA) is 109 Å². The highest BCUT2D eigenvalue weighted by Gasteiger charge is 2.26. The molecule has 0 amide bonds. The highest BCUT2D eigenvalue weighted by atomic mass is 16.5. The van der Waals surface area contributed by atoms with Crippen molar-refractivity contribution >= 4 is 22.7 Å². The van der Waals surface area contributed by atoms with Crippen LogP contribution in [0.15, 0.2) is 35.3 Å². The largest absolute Gasteiger partial charge is 0.474 e. The van der Waals surface area contributed by atoms with Gasteiger partial charge in [0.1, 0.15) is 11.7 Å². The van der Waals surface area contributed by atoms with Crippen molar-refractivity contribution in [1.82, 2.24) is 14.5 Å². The summed E-state index contributed by atoms with van der Waals surface area (Å²) in [5, 5.41) is 0.457. The summed E-state index contributed by atoms with van der Waals surface area (Å²) < 4.78 is 11.8. The van der Waals surface area contributed by atoms with Crippen LogP contribution >= 0.6 is 0 Å². The van der Waals surface area contributed by atoms with E-state index in [1.807, 2.05) is 6.92 Å². The van der Waals surface area contributed by atoms with Gasteiger partial charge in [0.15, 0.2) is 5.65 Å². The number of carbonyl (C=O) groups is 1. The number of hydrogen-bond acceptors (Lipinski definition) is 7. The molecule has 2 N–H and O–H groups in total. The molecule has 1 aliphatic carbocycles. The van der Waals surface area contributed by atoms with E-state index in [2.05, 4.69) is 9.97 Å². The van der Waals surface area contributed by atoms with E-state index < -0.39 is 11.5 Å². The highest BCUT2D eigenvalue weighted by Crippen LogP contribution is 2.29. The predicted molar refractivity (Wildman–Crippen MR) is 99.3 cm³/mol. The molecule has 0 unspecified atom stereocenters. The number of nitrogens with zero attached hydrogens (tertiary/aromatic N) is 3. The van der Waals surface area contributed by atoms with Crippen LogP contribution in [0.2, 0.25) is 0 Å². The lowest BCUT2D eigenvalue weighted by Gasteiger charge is -2.15. The van der Waals surface area contributed by atoms with Gasteiger partial charge in [-0.3, -0.25) is 14.3 Å². The third kappa shape index (κ3) is 2.99. The number of nitrogens with two attached hydrogens (primary N) is 1. The molecule has 8 heteroatoms. The first-order chi connectivity index (χ1) is 13.0. The molecule has 0 aliphatic heterocycles. The van der Waals surface area contributed by atoms with Gasteiger partial charge in [0.05, 0.1) is 24.7 Å². The number of aromatic nitrogens is 3. The Morgan fingerprint density at radius 1 is 1.26 bits per heavy atom. The van der Waals surface area contributed by atoms with E-state index in [0.29, 0.717) is 22.6 Å². The van der Waals surface area contributed by atoms with Crippen molar-refractivity contribution in [2.24, 2.45) is 0 Å². The van der Waals surface area contributed by atoms with Crippen molar-refractivity contribution < 1.29 is 14.3 Å². The fraction of sp³-hybridized carbons (Fsp3) is 0.263. The summed E-state index contributed by atoms with van der Waals surface area (Å²) in [6.07, 6.45) is 3.67. The second-order valence-electron chi connectivity index (χ2n) is 6.42. The number of fused-ring (bicyclic) bond motifs is 1. The lowest BCUT2D eigenvalue weighted by molar-refractivity contribution is 0.0600. The van der Waals surface area contributed by atoms with E-state index in [1.54, 1.807) is 30.5 Å². The van der Waals surface area contributed by atoms with Crippen molar-refractivity contribution in [1.29, 1.82) is 0 Å². The first kappa shape index (κ1) is 17.0. The van der Waals surface area contributed by atoms with Crippen molar-refractivity contribution in [3.05, 3.63) is 52.1 Å². The van der Waals surface area contributed by atoms with Crippen LogP contribution in [0.4, 0.5) is 5.69 Å². The molecular weight excluding hydrogens is 348 g/mol. The molecule has 8 nitrogen and oxygen atoms in total. The molecule has 27 heavy (non-hydrogen) atoms. The Morgan fingerprint density at radius 3 is 2.67 bits per heavy atom. The number of anilines is 1. The molecule has 3 aromatic heterocycles. The number of carbonyl (C=O) groups excluding carboxylic acids is 1. The number of aryl methyl sites for hydroxylation is 1. The van der Waals surface area contributed by atoms with Gasteiger partial charge in [0, 0.05) is 17.1 Å². The SMILES string of the molecule is COC(=O)c1c(N)c2ccc(OC3CC3)nc2n(-c2ccc(C)nc2)c1=O. The van der Waals surface area contributed by atoms with Gasteiger partial charge in [-0.2, -0.15) is 4.98 Å². The van der Waals surface area contributed by atoms with Crippen molar-refractivity contribution in [3.8, 4) is 11.6 Å². The standard InChI is InChI=1S/C19H18N4O4/c1-10-3-4-11(9-21-10)23-17-13(7-8-14(22-17)27-12-5-6-12)16(20)15(18(23)24)19(25)26-2/h3-4,7-9,12H,5-6,20H2,1-2H3. The summed E-state index contributed by atoms with van der Waals surface area (Å²) in [6.45, 7) is 1.84. The zero-order chi connectivity index (χ0) is 19.1. The maximum absolute atomic E-state index is 13.1. The van der Waals surface area contributed by atoms with Crippen LogP contribution in [0.3, 0.4) is 0 Å². The Morgan fingerprint density at radius 2 is 2.04 bits per heavy atom. The van der Waals surface area contributed by atoms with Crippen LogP contribution in [0.1, 0.15) is 28.9 Å². The second-order valence-corrected chi connectivity index (χ2v) is 6.42. The van der Waals surface area contributed by atoms with E-state index in [1.165, 1.54) is 11.7 Å². The molecule has 0 aromatic carbocycles. The van der Waals surface area contributed by atoms with Crippen molar-refractivity contribution in [3.63, 3.8) is 0 Å². The van der Waals surface area contributed by atoms with Crippen molar-refractivity contribution in [2.75, 3.05) is 12.8 Å². The lowest BCUT2D eigenvalue weighted by Crippen LogP contribution is -2.28. The number of esters is 1. The second kappa shape index (κ2) is 6.39. The molecule has 0 bridgehead atoms. The molecule has 3 heterocycles. The molecule has 0 spiro atoms. The third-order valence-corrected chi connectivity index (χ3v) is 4.39. The van der Waals surface area contributed by atoms with E-state index in [9.17, 15) is 9.59 Å². The monoisotopic (exact) mass is 366 g/mol. The third-order valence-electron chi connectivity index (χ3n) is 4.39. The molecule has 1 fully saturated rings. The minimum Gasteiger partial charge on any atom is -0.474 e. The summed E-state index contributed by atoms with van der Waals surface area (Å²) in [6, 6.07) is 6.88. The number of hydrogen-bond donors (Lipinski definition) is 1. The number of rotatable bonds is 4. The van der Waals surface area contributed by atoms with Gasteiger partial charge < -0.3 is 15.2 Å². The molecule has 1 aliphatic rings. The lowest BCUT2D eigenvalue weighted by atomic mass is 10.1. The van der Waals surface area contributed by atoms with Crippen molar-refractivity contribution in [2.45, 2.75) is 25.9 Å². The van der Waals surface area contributed by atoms with E-state index in [-0.39, 0.29) is 17.4 Å². The summed E-state index contributed by atoms with van der Waals surface area (Å²) >= 11 is 0. The average Bonchev–Trinajstić information content (AvgIpc) is 3.47. The molecule has 0 atom stereocenters. The Hall–Kier alpha value is -3.42. The highest BCUT2D eigenvalue weighted by molar-refractivity contribution is 6.03. The molecule has 3 aromatic rings. The summed E-state index contributed by atoms with van der Waals surface area (Å²) in [7, 11) is 1.20. The van der Waals surface area contributed by atoms with Gasteiger partial charge in [-0.1, -0.05) is 0 Å². The van der Waals surface area contributed by atoms with Crippen LogP contribution in [0.5, 0.6) is 5.88 Å². The van der Waals surface area contributed by atoms with Crippen LogP contribution in [0, 0.1) is 6.92 Å². The maximum Gasteiger partial charge on any atom is 0.345 e. The maximum atomic E-state index is 13.1. The Balaban J connectivity index is 2.04. The average molecular weight is 366 g/mol. The first-order valence-corrected chi connectivity index (χ1v) is 8.53. The summed E-state index contributed by atoms with van der Waals surface area (Å²) in [5.41, 5.74) is 6.87. The Kier molecular flexibility index (Phi) is 4.02. The minimum atomic E-state index is -0.800. The van der Waals surface area contributed by atoms with Gasteiger partial charge in [-0.25, -0.2) is 4.79 Å². The van der Waals surface area contributed by atoms with Gasteiger partial charge in [0.2, 0.25) is 5.88 Å². The molecule has 0 saturated heterocycles. The predicted octanol–water partition coefficient (Wildman–Crippen LogP) is 2.00. The fourth-order valence-corrected chi connectivity index (χ4v) is 2.82. The first-order valence-electron chi connectivity index (χ1n) is 8.53. The van der Waals surface area contributed by atoms with E-state index in [0.717, 1.165) is 18.5 Å². The van der Waals surface area contributed by atoms with Gasteiger partial charge in [0.25, 0.3) is 5.56 Å². The van der Waals surface area contributed by atoms with Gasteiger partial charge in [-0.05, 0) is 38.0 Å². The van der Waals surface area contributed by atoms with E-state index >= 15 is 0 Å². The van der Waals surface area contributed by atoms with Crippen LogP contribution in [-0.4, -0.2) is 33.7 Å². The molecule has 4 rings (SSSR count). The number of ether oxygens (including phenoxy) is 2. The van der Waals surface area contributed by atoms with Crippen LogP contribution in [-0.2, 0) is 4.74 Å². The molecule has 138 valence electrons.